The molecular formula is C13H22Cl2N2. The van der Waals surface area contributed by atoms with Gasteiger partial charge in [0.1, 0.15) is 0 Å². The number of likely N-dealkylation sites (tertiary alicyclic amines) is 1. The normalized spacial score (nSPS) is 17.0. The fourth-order valence-corrected chi connectivity index (χ4v) is 2.19. The molecule has 0 amide bonds. The van der Waals surface area contributed by atoms with Gasteiger partial charge in [0, 0.05) is 6.04 Å². The van der Waals surface area contributed by atoms with Gasteiger partial charge in [-0.05, 0) is 44.5 Å². The van der Waals surface area contributed by atoms with E-state index in [1.54, 1.807) is 0 Å². The van der Waals surface area contributed by atoms with Crippen molar-refractivity contribution in [3.63, 3.8) is 0 Å². The first-order valence-electron chi connectivity index (χ1n) is 5.89. The summed E-state index contributed by atoms with van der Waals surface area (Å²) in [5.74, 6) is 0. The van der Waals surface area contributed by atoms with Crippen molar-refractivity contribution in [2.75, 3.05) is 19.6 Å². The highest BCUT2D eigenvalue weighted by Crippen LogP contribution is 2.15. The molecule has 1 aliphatic rings. The van der Waals surface area contributed by atoms with Gasteiger partial charge >= 0.3 is 0 Å². The van der Waals surface area contributed by atoms with E-state index in [4.69, 9.17) is 5.73 Å². The molecule has 1 aliphatic heterocycles. The molecule has 0 saturated carbocycles. The molecule has 4 heteroatoms. The van der Waals surface area contributed by atoms with Crippen LogP contribution in [0.2, 0.25) is 0 Å². The Kier molecular flexibility index (Phi) is 8.61. The Hall–Kier alpha value is -0.280. The summed E-state index contributed by atoms with van der Waals surface area (Å²) in [7, 11) is 0. The van der Waals surface area contributed by atoms with Crippen molar-refractivity contribution < 1.29 is 0 Å². The van der Waals surface area contributed by atoms with E-state index in [1.807, 2.05) is 6.07 Å². The van der Waals surface area contributed by atoms with Crippen LogP contribution >= 0.6 is 24.8 Å². The summed E-state index contributed by atoms with van der Waals surface area (Å²) in [5, 5.41) is 0. The molecule has 17 heavy (non-hydrogen) atoms. The quantitative estimate of drug-likeness (QED) is 0.916. The SMILES string of the molecule is Cl.Cl.NC(CCN1CCCC1)c1ccccc1. The third-order valence-electron chi connectivity index (χ3n) is 3.18. The van der Waals surface area contributed by atoms with Crippen molar-refractivity contribution in [1.82, 2.24) is 4.90 Å². The molecule has 1 aromatic carbocycles. The molecule has 0 aromatic heterocycles. The molecule has 1 unspecified atom stereocenters. The Balaban J connectivity index is 0.00000128. The van der Waals surface area contributed by atoms with Crippen molar-refractivity contribution in [3.8, 4) is 0 Å². The smallest absolute Gasteiger partial charge is 0.0307 e. The van der Waals surface area contributed by atoms with Crippen LogP contribution in [-0.4, -0.2) is 24.5 Å². The molecule has 1 atom stereocenters. The highest BCUT2D eigenvalue weighted by Gasteiger charge is 2.13. The van der Waals surface area contributed by atoms with Crippen LogP contribution in [-0.2, 0) is 0 Å². The van der Waals surface area contributed by atoms with Crippen LogP contribution in [0.15, 0.2) is 30.3 Å². The lowest BCUT2D eigenvalue weighted by Crippen LogP contribution is -2.24. The first-order chi connectivity index (χ1) is 7.36. The highest BCUT2D eigenvalue weighted by atomic mass is 35.5. The van der Waals surface area contributed by atoms with Crippen LogP contribution in [0.1, 0.15) is 30.9 Å². The Morgan fingerprint density at radius 2 is 1.65 bits per heavy atom. The number of hydrogen-bond donors (Lipinski definition) is 1. The van der Waals surface area contributed by atoms with Crippen molar-refractivity contribution in [2.24, 2.45) is 5.73 Å². The van der Waals surface area contributed by atoms with Crippen LogP contribution in [0.4, 0.5) is 0 Å². The summed E-state index contributed by atoms with van der Waals surface area (Å²) in [4.78, 5) is 2.52. The van der Waals surface area contributed by atoms with E-state index in [0.29, 0.717) is 0 Å². The molecule has 1 heterocycles. The molecular weight excluding hydrogens is 255 g/mol. The van der Waals surface area contributed by atoms with E-state index in [-0.39, 0.29) is 30.9 Å². The maximum atomic E-state index is 6.15. The first-order valence-corrected chi connectivity index (χ1v) is 5.89. The molecule has 2 rings (SSSR count). The predicted octanol–water partition coefficient (Wildman–Crippen LogP) is 3.02. The van der Waals surface area contributed by atoms with Gasteiger partial charge in [-0.1, -0.05) is 30.3 Å². The molecule has 1 fully saturated rings. The Labute approximate surface area is 116 Å². The average molecular weight is 277 g/mol. The van der Waals surface area contributed by atoms with Gasteiger partial charge in [0.05, 0.1) is 0 Å². The highest BCUT2D eigenvalue weighted by molar-refractivity contribution is 5.85. The number of halogens is 2. The number of rotatable bonds is 4. The second-order valence-electron chi connectivity index (χ2n) is 4.35. The fraction of sp³-hybridized carbons (Fsp3) is 0.538. The molecule has 1 aromatic rings. The molecule has 2 nitrogen and oxygen atoms in total. The van der Waals surface area contributed by atoms with Crippen molar-refractivity contribution in [2.45, 2.75) is 25.3 Å². The third-order valence-corrected chi connectivity index (χ3v) is 3.18. The van der Waals surface area contributed by atoms with Gasteiger partial charge in [0.25, 0.3) is 0 Å². The summed E-state index contributed by atoms with van der Waals surface area (Å²) in [6.45, 7) is 3.68. The Bertz CT molecular complexity index is 287. The summed E-state index contributed by atoms with van der Waals surface area (Å²) in [6, 6.07) is 10.6. The molecule has 0 aliphatic carbocycles. The van der Waals surface area contributed by atoms with Crippen LogP contribution in [0.5, 0.6) is 0 Å². The molecule has 0 radical (unpaired) electrons. The summed E-state index contributed by atoms with van der Waals surface area (Å²) in [6.07, 6.45) is 3.80. The van der Waals surface area contributed by atoms with Gasteiger partial charge < -0.3 is 10.6 Å². The van der Waals surface area contributed by atoms with Crippen LogP contribution < -0.4 is 5.73 Å². The van der Waals surface area contributed by atoms with E-state index >= 15 is 0 Å². The van der Waals surface area contributed by atoms with Gasteiger partial charge in [-0.15, -0.1) is 24.8 Å². The maximum absolute atomic E-state index is 6.15. The molecule has 98 valence electrons. The van der Waals surface area contributed by atoms with Gasteiger partial charge in [0.15, 0.2) is 0 Å². The summed E-state index contributed by atoms with van der Waals surface area (Å²) < 4.78 is 0. The van der Waals surface area contributed by atoms with Crippen molar-refractivity contribution >= 4 is 24.8 Å². The van der Waals surface area contributed by atoms with E-state index in [9.17, 15) is 0 Å². The maximum Gasteiger partial charge on any atom is 0.0307 e. The van der Waals surface area contributed by atoms with Gasteiger partial charge in [0.2, 0.25) is 0 Å². The van der Waals surface area contributed by atoms with E-state index < -0.39 is 0 Å². The van der Waals surface area contributed by atoms with Gasteiger partial charge in [-0.25, -0.2) is 0 Å². The minimum Gasteiger partial charge on any atom is -0.324 e. The monoisotopic (exact) mass is 276 g/mol. The number of nitrogens with two attached hydrogens (primary N) is 1. The summed E-state index contributed by atoms with van der Waals surface area (Å²) in [5.41, 5.74) is 7.41. The lowest BCUT2D eigenvalue weighted by atomic mass is 10.0. The van der Waals surface area contributed by atoms with E-state index in [2.05, 4.69) is 29.2 Å². The average Bonchev–Trinajstić information content (AvgIpc) is 2.80. The zero-order valence-electron chi connectivity index (χ0n) is 10.0. The number of nitrogens with zero attached hydrogens (tertiary/aromatic N) is 1. The van der Waals surface area contributed by atoms with Crippen molar-refractivity contribution in [1.29, 1.82) is 0 Å². The van der Waals surface area contributed by atoms with Crippen molar-refractivity contribution in [3.05, 3.63) is 35.9 Å². The fourth-order valence-electron chi connectivity index (χ4n) is 2.19. The topological polar surface area (TPSA) is 29.3 Å². The standard InChI is InChI=1S/C13H20N2.2ClH/c14-13(12-6-2-1-3-7-12)8-11-15-9-4-5-10-15;;/h1-3,6-7,13H,4-5,8-11,14H2;2*1H. The molecule has 2 N–H and O–H groups in total. The second-order valence-corrected chi connectivity index (χ2v) is 4.35. The number of benzene rings is 1. The lowest BCUT2D eigenvalue weighted by molar-refractivity contribution is 0.322. The van der Waals surface area contributed by atoms with Crippen LogP contribution in [0, 0.1) is 0 Å². The van der Waals surface area contributed by atoms with Crippen LogP contribution in [0.25, 0.3) is 0 Å². The molecule has 0 spiro atoms. The predicted molar refractivity (Wildman–Crippen MR) is 78.2 cm³/mol. The molecule has 0 bridgehead atoms. The zero-order chi connectivity index (χ0) is 10.5. The minimum absolute atomic E-state index is 0. The van der Waals surface area contributed by atoms with Crippen LogP contribution in [0.3, 0.4) is 0 Å². The number of hydrogen-bond acceptors (Lipinski definition) is 2. The van der Waals surface area contributed by atoms with E-state index in [1.165, 1.54) is 31.5 Å². The van der Waals surface area contributed by atoms with E-state index in [0.717, 1.165) is 13.0 Å². The minimum atomic E-state index is 0. The second kappa shape index (κ2) is 8.76. The van der Waals surface area contributed by atoms with Gasteiger partial charge in [-0.2, -0.15) is 0 Å². The summed E-state index contributed by atoms with van der Waals surface area (Å²) >= 11 is 0. The van der Waals surface area contributed by atoms with Gasteiger partial charge in [-0.3, -0.25) is 0 Å². The first kappa shape index (κ1) is 16.7. The lowest BCUT2D eigenvalue weighted by Gasteiger charge is -2.18. The Morgan fingerprint density at radius 1 is 1.06 bits per heavy atom. The molecule has 1 saturated heterocycles. The Morgan fingerprint density at radius 3 is 2.24 bits per heavy atom. The largest absolute Gasteiger partial charge is 0.324 e. The third kappa shape index (κ3) is 5.26. The zero-order valence-corrected chi connectivity index (χ0v) is 11.7.